The van der Waals surface area contributed by atoms with E-state index < -0.39 is 22.0 Å². The largest absolute Gasteiger partial charge is 0.490 e. The summed E-state index contributed by atoms with van der Waals surface area (Å²) in [6.07, 6.45) is 3.91. The molecular formula is C21H25N5O5S. The molecule has 0 spiro atoms. The molecule has 0 bridgehead atoms. The van der Waals surface area contributed by atoms with Crippen molar-refractivity contribution in [1.29, 1.82) is 0 Å². The van der Waals surface area contributed by atoms with Crippen LogP contribution in [0.2, 0.25) is 0 Å². The quantitative estimate of drug-likeness (QED) is 0.580. The third-order valence-electron chi connectivity index (χ3n) is 4.94. The lowest BCUT2D eigenvalue weighted by atomic mass is 10.3. The molecule has 1 aliphatic heterocycles. The van der Waals surface area contributed by atoms with Crippen molar-refractivity contribution < 1.29 is 22.7 Å². The van der Waals surface area contributed by atoms with E-state index in [0.717, 1.165) is 5.39 Å². The number of benzene rings is 1. The van der Waals surface area contributed by atoms with Crippen LogP contribution in [-0.2, 0) is 14.8 Å². The molecule has 4 rings (SSSR count). The predicted octanol–water partition coefficient (Wildman–Crippen LogP) is 2.48. The van der Waals surface area contributed by atoms with Crippen molar-refractivity contribution in [2.24, 2.45) is 0 Å². The fourth-order valence-electron chi connectivity index (χ4n) is 3.30. The molecule has 3 heterocycles. The first kappa shape index (κ1) is 22.0. The third kappa shape index (κ3) is 4.53. The molecule has 0 saturated heterocycles. The van der Waals surface area contributed by atoms with Crippen LogP contribution in [0.3, 0.4) is 0 Å². The maximum atomic E-state index is 12.8. The van der Waals surface area contributed by atoms with E-state index >= 15 is 0 Å². The first-order valence-electron chi connectivity index (χ1n) is 10.3. The van der Waals surface area contributed by atoms with Crippen LogP contribution >= 0.6 is 0 Å². The molecule has 2 aromatic heterocycles. The molecule has 0 saturated carbocycles. The lowest BCUT2D eigenvalue weighted by molar-refractivity contribution is -0.117. The number of nitrogens with zero attached hydrogens (tertiary/aromatic N) is 3. The second kappa shape index (κ2) is 8.75. The molecule has 32 heavy (non-hydrogen) atoms. The fraction of sp³-hybridized carbons (Fsp3) is 0.381. The number of rotatable bonds is 6. The fourth-order valence-corrected chi connectivity index (χ4v) is 4.52. The number of ether oxygens (including phenoxy) is 2. The number of carbonyl (C=O) groups is 1. The van der Waals surface area contributed by atoms with Gasteiger partial charge in [0.25, 0.3) is 0 Å². The van der Waals surface area contributed by atoms with Gasteiger partial charge >= 0.3 is 0 Å². The summed E-state index contributed by atoms with van der Waals surface area (Å²) in [6, 6.07) is 5.25. The lowest BCUT2D eigenvalue weighted by Crippen LogP contribution is -2.41. The maximum Gasteiger partial charge on any atom is 0.242 e. The number of nitrogens with one attached hydrogen (secondary N) is 2. The van der Waals surface area contributed by atoms with Gasteiger partial charge in [-0.3, -0.25) is 4.79 Å². The van der Waals surface area contributed by atoms with Gasteiger partial charge in [-0.25, -0.2) is 18.1 Å². The number of fused-ring (bicyclic) bond motifs is 2. The molecule has 1 atom stereocenters. The minimum Gasteiger partial charge on any atom is -0.490 e. The molecular weight excluding hydrogens is 434 g/mol. The van der Waals surface area contributed by atoms with Crippen molar-refractivity contribution in [3.05, 3.63) is 36.7 Å². The van der Waals surface area contributed by atoms with E-state index in [-0.39, 0.29) is 10.9 Å². The smallest absolute Gasteiger partial charge is 0.242 e. The maximum absolute atomic E-state index is 12.8. The van der Waals surface area contributed by atoms with Crippen LogP contribution in [-0.4, -0.2) is 48.3 Å². The lowest BCUT2D eigenvalue weighted by Gasteiger charge is -2.15. The zero-order valence-electron chi connectivity index (χ0n) is 18.0. The minimum atomic E-state index is -3.96. The number of hydrogen-bond acceptors (Lipinski definition) is 7. The SMILES string of the molecule is CC(C)n1ncc2cc(NC(=O)[C@@H](C)NS(=O)(=O)c3ccc4c(c3)OCCCO4)cnc21. The van der Waals surface area contributed by atoms with Gasteiger partial charge in [0.05, 0.1) is 42.2 Å². The van der Waals surface area contributed by atoms with Gasteiger partial charge in [0.2, 0.25) is 15.9 Å². The Balaban J connectivity index is 1.46. The van der Waals surface area contributed by atoms with Crippen molar-refractivity contribution in [1.82, 2.24) is 19.5 Å². The summed E-state index contributed by atoms with van der Waals surface area (Å²) in [5, 5.41) is 7.77. The van der Waals surface area contributed by atoms with Crippen LogP contribution < -0.4 is 19.5 Å². The van der Waals surface area contributed by atoms with Gasteiger partial charge in [-0.15, -0.1) is 0 Å². The Bertz CT molecular complexity index is 1250. The average molecular weight is 460 g/mol. The number of aromatic nitrogens is 3. The normalized spacial score (nSPS) is 14.9. The second-order valence-electron chi connectivity index (χ2n) is 7.81. The molecule has 0 aliphatic carbocycles. The van der Waals surface area contributed by atoms with Crippen molar-refractivity contribution in [3.8, 4) is 11.5 Å². The number of carbonyl (C=O) groups excluding carboxylic acids is 1. The van der Waals surface area contributed by atoms with Gasteiger partial charge < -0.3 is 14.8 Å². The highest BCUT2D eigenvalue weighted by molar-refractivity contribution is 7.89. The zero-order valence-corrected chi connectivity index (χ0v) is 18.8. The number of pyridine rings is 1. The Kier molecular flexibility index (Phi) is 6.02. The van der Waals surface area contributed by atoms with E-state index in [9.17, 15) is 13.2 Å². The second-order valence-corrected chi connectivity index (χ2v) is 9.52. The molecule has 1 amide bonds. The monoisotopic (exact) mass is 459 g/mol. The Hall–Kier alpha value is -3.18. The van der Waals surface area contributed by atoms with E-state index in [1.165, 1.54) is 25.3 Å². The van der Waals surface area contributed by atoms with Crippen molar-refractivity contribution >= 4 is 32.7 Å². The molecule has 2 N–H and O–H groups in total. The van der Waals surface area contributed by atoms with Crippen molar-refractivity contribution in [3.63, 3.8) is 0 Å². The summed E-state index contributed by atoms with van der Waals surface area (Å²) in [5.41, 5.74) is 1.16. The van der Waals surface area contributed by atoms with Crippen LogP contribution in [0.1, 0.15) is 33.2 Å². The van der Waals surface area contributed by atoms with Crippen LogP contribution in [0.5, 0.6) is 11.5 Å². The van der Waals surface area contributed by atoms with Crippen LogP contribution in [0.25, 0.3) is 11.0 Å². The molecule has 0 fully saturated rings. The van der Waals surface area contributed by atoms with Crippen LogP contribution in [0.4, 0.5) is 5.69 Å². The topological polar surface area (TPSA) is 124 Å². The third-order valence-corrected chi connectivity index (χ3v) is 6.48. The van der Waals surface area contributed by atoms with E-state index in [1.807, 2.05) is 13.8 Å². The van der Waals surface area contributed by atoms with Gasteiger partial charge in [0.1, 0.15) is 0 Å². The minimum absolute atomic E-state index is 0.00872. The summed E-state index contributed by atoms with van der Waals surface area (Å²) >= 11 is 0. The molecule has 1 aliphatic rings. The average Bonchev–Trinajstić information content (AvgIpc) is 3.02. The number of amides is 1. The van der Waals surface area contributed by atoms with E-state index in [0.29, 0.717) is 42.5 Å². The van der Waals surface area contributed by atoms with Gasteiger partial charge in [0.15, 0.2) is 17.1 Å². The summed E-state index contributed by atoms with van der Waals surface area (Å²) in [4.78, 5) is 17.0. The highest BCUT2D eigenvalue weighted by atomic mass is 32.2. The summed E-state index contributed by atoms with van der Waals surface area (Å²) in [5.74, 6) is 0.347. The highest BCUT2D eigenvalue weighted by Gasteiger charge is 2.24. The van der Waals surface area contributed by atoms with Gasteiger partial charge in [-0.1, -0.05) is 0 Å². The van der Waals surface area contributed by atoms with Crippen molar-refractivity contribution in [2.45, 2.75) is 44.2 Å². The zero-order chi connectivity index (χ0) is 22.9. The molecule has 0 unspecified atom stereocenters. The van der Waals surface area contributed by atoms with Crippen molar-refractivity contribution in [2.75, 3.05) is 18.5 Å². The van der Waals surface area contributed by atoms with Crippen LogP contribution in [0.15, 0.2) is 41.6 Å². The number of sulfonamides is 1. The van der Waals surface area contributed by atoms with E-state index in [1.54, 1.807) is 23.0 Å². The molecule has 11 heteroatoms. The first-order valence-corrected chi connectivity index (χ1v) is 11.8. The molecule has 170 valence electrons. The Morgan fingerprint density at radius 3 is 2.59 bits per heavy atom. The van der Waals surface area contributed by atoms with E-state index in [2.05, 4.69) is 20.1 Å². The Morgan fingerprint density at radius 1 is 1.09 bits per heavy atom. The summed E-state index contributed by atoms with van der Waals surface area (Å²) in [6.45, 7) is 6.42. The summed E-state index contributed by atoms with van der Waals surface area (Å²) in [7, 11) is -3.96. The standard InChI is InChI=1S/C21H25N5O5S/c1-13(2)26-20-15(11-23-26)9-16(12-22-20)24-21(27)14(3)25-32(28,29)17-5-6-18-19(10-17)31-8-4-7-30-18/h5-6,9-14,25H,4,7-8H2,1-3H3,(H,24,27)/t14-/m1/s1. The molecule has 0 radical (unpaired) electrons. The van der Waals surface area contributed by atoms with Gasteiger partial charge in [0, 0.05) is 23.9 Å². The Morgan fingerprint density at radius 2 is 1.84 bits per heavy atom. The molecule has 1 aromatic carbocycles. The molecule has 10 nitrogen and oxygen atoms in total. The van der Waals surface area contributed by atoms with E-state index in [4.69, 9.17) is 9.47 Å². The van der Waals surface area contributed by atoms with Gasteiger partial charge in [-0.2, -0.15) is 9.82 Å². The first-order chi connectivity index (χ1) is 15.2. The highest BCUT2D eigenvalue weighted by Crippen LogP contribution is 2.32. The molecule has 3 aromatic rings. The van der Waals surface area contributed by atoms with Gasteiger partial charge in [-0.05, 0) is 39.0 Å². The summed E-state index contributed by atoms with van der Waals surface area (Å²) < 4.78 is 40.9. The number of anilines is 1. The number of hydrogen-bond donors (Lipinski definition) is 2. The Labute approximate surface area is 186 Å². The van der Waals surface area contributed by atoms with Crippen LogP contribution in [0, 0.1) is 0 Å². The predicted molar refractivity (Wildman–Crippen MR) is 118 cm³/mol.